The molecule has 0 aromatic carbocycles. The summed E-state index contributed by atoms with van der Waals surface area (Å²) >= 11 is 0. The van der Waals surface area contributed by atoms with Crippen LogP contribution in [0.25, 0.3) is 0 Å². The van der Waals surface area contributed by atoms with Gasteiger partial charge in [-0.15, -0.1) is 0 Å². The minimum atomic E-state index is -0.344. The fraction of sp³-hybridized carbons (Fsp3) is 0.923. The van der Waals surface area contributed by atoms with Crippen molar-refractivity contribution in [3.63, 3.8) is 0 Å². The normalized spacial score (nSPS) is 25.8. The van der Waals surface area contributed by atoms with E-state index in [1.165, 1.54) is 6.42 Å². The van der Waals surface area contributed by atoms with E-state index in [1.807, 2.05) is 0 Å². The molecule has 1 amide bonds. The van der Waals surface area contributed by atoms with Crippen LogP contribution in [0.1, 0.15) is 53.4 Å². The summed E-state index contributed by atoms with van der Waals surface area (Å²) in [6.45, 7) is 8.69. The fourth-order valence-corrected chi connectivity index (χ4v) is 2.48. The lowest BCUT2D eigenvalue weighted by Gasteiger charge is -2.20. The summed E-state index contributed by atoms with van der Waals surface area (Å²) in [5.74, 6) is 0.497. The van der Waals surface area contributed by atoms with Crippen molar-refractivity contribution in [3.8, 4) is 0 Å². The number of carbonyl (C=O) groups is 1. The second-order valence-corrected chi connectivity index (χ2v) is 6.35. The van der Waals surface area contributed by atoms with Crippen LogP contribution in [0.2, 0.25) is 0 Å². The van der Waals surface area contributed by atoms with Crippen LogP contribution in [0.4, 0.5) is 0 Å². The molecule has 2 atom stereocenters. The minimum absolute atomic E-state index is 0.0244. The molecule has 1 unspecified atom stereocenters. The number of nitrogens with one attached hydrogen (secondary N) is 1. The summed E-state index contributed by atoms with van der Waals surface area (Å²) in [5, 5.41) is 3.08. The first-order valence-electron chi connectivity index (χ1n) is 6.36. The van der Waals surface area contributed by atoms with Gasteiger partial charge in [0.2, 0.25) is 5.91 Å². The molecule has 1 saturated carbocycles. The number of hydrogen-bond donors (Lipinski definition) is 2. The average molecular weight is 226 g/mol. The van der Waals surface area contributed by atoms with Gasteiger partial charge in [-0.2, -0.15) is 0 Å². The largest absolute Gasteiger partial charge is 0.352 e. The van der Waals surface area contributed by atoms with Gasteiger partial charge in [-0.05, 0) is 37.0 Å². The van der Waals surface area contributed by atoms with E-state index in [-0.39, 0.29) is 11.9 Å². The van der Waals surface area contributed by atoms with Crippen molar-refractivity contribution in [2.24, 2.45) is 17.1 Å². The molecule has 0 heterocycles. The zero-order valence-electron chi connectivity index (χ0n) is 11.0. The third-order valence-electron chi connectivity index (χ3n) is 3.38. The van der Waals surface area contributed by atoms with Crippen LogP contribution < -0.4 is 11.1 Å². The van der Waals surface area contributed by atoms with Crippen LogP contribution in [0.5, 0.6) is 0 Å². The molecule has 1 rings (SSSR count). The maximum absolute atomic E-state index is 11.8. The molecular formula is C13H26N2O. The van der Waals surface area contributed by atoms with E-state index in [4.69, 9.17) is 5.73 Å². The predicted molar refractivity (Wildman–Crippen MR) is 67.0 cm³/mol. The molecule has 3 heteroatoms. The van der Waals surface area contributed by atoms with Crippen molar-refractivity contribution < 1.29 is 4.79 Å². The first kappa shape index (κ1) is 13.5. The maximum Gasteiger partial charge on any atom is 0.237 e. The number of carbonyl (C=O) groups excluding carboxylic acids is 1. The van der Waals surface area contributed by atoms with Crippen molar-refractivity contribution in [2.75, 3.05) is 0 Å². The number of hydrogen-bond acceptors (Lipinski definition) is 2. The van der Waals surface area contributed by atoms with Gasteiger partial charge in [0, 0.05) is 6.04 Å². The molecule has 0 saturated heterocycles. The summed E-state index contributed by atoms with van der Waals surface area (Å²) in [5.41, 5.74) is 6.23. The molecule has 0 radical (unpaired) electrons. The molecule has 3 nitrogen and oxygen atoms in total. The molecule has 1 aliphatic carbocycles. The summed E-state index contributed by atoms with van der Waals surface area (Å²) in [7, 11) is 0. The van der Waals surface area contributed by atoms with E-state index in [0.29, 0.717) is 17.4 Å². The molecule has 16 heavy (non-hydrogen) atoms. The summed E-state index contributed by atoms with van der Waals surface area (Å²) < 4.78 is 0. The van der Waals surface area contributed by atoms with Gasteiger partial charge < -0.3 is 11.1 Å². The highest BCUT2D eigenvalue weighted by molar-refractivity contribution is 5.81. The molecule has 94 valence electrons. The van der Waals surface area contributed by atoms with Gasteiger partial charge in [0.15, 0.2) is 0 Å². The third-order valence-corrected chi connectivity index (χ3v) is 3.38. The van der Waals surface area contributed by atoms with Gasteiger partial charge in [-0.3, -0.25) is 4.79 Å². The number of amides is 1. The van der Waals surface area contributed by atoms with Gasteiger partial charge in [0.1, 0.15) is 0 Å². The Morgan fingerprint density at radius 1 is 1.50 bits per heavy atom. The fourth-order valence-electron chi connectivity index (χ4n) is 2.48. The Kier molecular flexibility index (Phi) is 4.36. The lowest BCUT2D eigenvalue weighted by atomic mass is 9.92. The van der Waals surface area contributed by atoms with E-state index in [9.17, 15) is 4.79 Å². The minimum Gasteiger partial charge on any atom is -0.352 e. The molecule has 3 N–H and O–H groups in total. The van der Waals surface area contributed by atoms with Crippen LogP contribution in [0, 0.1) is 11.3 Å². The number of nitrogens with two attached hydrogens (primary N) is 1. The summed E-state index contributed by atoms with van der Waals surface area (Å²) in [6, 6.07) is -0.00979. The topological polar surface area (TPSA) is 55.1 Å². The van der Waals surface area contributed by atoms with Crippen LogP contribution >= 0.6 is 0 Å². The molecular weight excluding hydrogens is 200 g/mol. The second kappa shape index (κ2) is 5.17. The molecule has 0 aliphatic heterocycles. The van der Waals surface area contributed by atoms with Crippen molar-refractivity contribution in [1.29, 1.82) is 0 Å². The van der Waals surface area contributed by atoms with Crippen molar-refractivity contribution in [2.45, 2.75) is 65.5 Å². The second-order valence-electron chi connectivity index (χ2n) is 6.35. The Hall–Kier alpha value is -0.570. The highest BCUT2D eigenvalue weighted by Crippen LogP contribution is 2.36. The zero-order valence-corrected chi connectivity index (χ0v) is 11.0. The monoisotopic (exact) mass is 226 g/mol. The van der Waals surface area contributed by atoms with Crippen LogP contribution in [0.15, 0.2) is 0 Å². The highest BCUT2D eigenvalue weighted by atomic mass is 16.2. The van der Waals surface area contributed by atoms with E-state index in [0.717, 1.165) is 19.3 Å². The van der Waals surface area contributed by atoms with Gasteiger partial charge in [0.05, 0.1) is 6.04 Å². The molecule has 0 aromatic rings. The molecule has 0 bridgehead atoms. The van der Waals surface area contributed by atoms with Gasteiger partial charge in [-0.1, -0.05) is 27.7 Å². The molecule has 1 aliphatic rings. The standard InChI is InChI=1S/C13H26N2O/c1-9(2)7-11(14)12(16)15-10-5-6-13(3,4)8-10/h9-11H,5-8,14H2,1-4H3,(H,15,16)/t10?,11-/m0/s1. The van der Waals surface area contributed by atoms with Gasteiger partial charge in [-0.25, -0.2) is 0 Å². The van der Waals surface area contributed by atoms with E-state index in [2.05, 4.69) is 33.0 Å². The molecule has 1 fully saturated rings. The zero-order chi connectivity index (χ0) is 12.3. The first-order valence-corrected chi connectivity index (χ1v) is 6.36. The Balaban J connectivity index is 2.35. The highest BCUT2D eigenvalue weighted by Gasteiger charge is 2.32. The molecule has 0 spiro atoms. The summed E-state index contributed by atoms with van der Waals surface area (Å²) in [6.07, 6.45) is 4.12. The van der Waals surface area contributed by atoms with Crippen LogP contribution in [-0.2, 0) is 4.79 Å². The van der Waals surface area contributed by atoms with Crippen molar-refractivity contribution in [1.82, 2.24) is 5.32 Å². The lowest BCUT2D eigenvalue weighted by molar-refractivity contribution is -0.123. The maximum atomic E-state index is 11.8. The average Bonchev–Trinajstić information content (AvgIpc) is 2.44. The smallest absolute Gasteiger partial charge is 0.237 e. The molecule has 0 aromatic heterocycles. The Morgan fingerprint density at radius 2 is 2.12 bits per heavy atom. The Morgan fingerprint density at radius 3 is 2.56 bits per heavy atom. The Bertz CT molecular complexity index is 248. The van der Waals surface area contributed by atoms with E-state index < -0.39 is 0 Å². The van der Waals surface area contributed by atoms with Crippen molar-refractivity contribution in [3.05, 3.63) is 0 Å². The van der Waals surface area contributed by atoms with Gasteiger partial charge >= 0.3 is 0 Å². The van der Waals surface area contributed by atoms with Gasteiger partial charge in [0.25, 0.3) is 0 Å². The van der Waals surface area contributed by atoms with Crippen molar-refractivity contribution >= 4 is 5.91 Å². The Labute approximate surface area is 99.2 Å². The quantitative estimate of drug-likeness (QED) is 0.771. The SMILES string of the molecule is CC(C)C[C@H](N)C(=O)NC1CCC(C)(C)C1. The van der Waals surface area contributed by atoms with Crippen LogP contribution in [-0.4, -0.2) is 18.0 Å². The lowest BCUT2D eigenvalue weighted by Crippen LogP contribution is -2.45. The van der Waals surface area contributed by atoms with E-state index >= 15 is 0 Å². The number of rotatable bonds is 4. The van der Waals surface area contributed by atoms with E-state index in [1.54, 1.807) is 0 Å². The first-order chi connectivity index (χ1) is 7.30. The van der Waals surface area contributed by atoms with Crippen LogP contribution in [0.3, 0.4) is 0 Å². The third kappa shape index (κ3) is 4.12. The predicted octanol–water partition coefficient (Wildman–Crippen LogP) is 2.05. The summed E-state index contributed by atoms with van der Waals surface area (Å²) in [4.78, 5) is 11.8.